The smallest absolute Gasteiger partial charge is 0.0366 e. The van der Waals surface area contributed by atoms with Crippen LogP contribution in [0.4, 0.5) is 5.69 Å². The van der Waals surface area contributed by atoms with Crippen LogP contribution < -0.4 is 5.73 Å². The molecule has 0 aliphatic carbocycles. The van der Waals surface area contributed by atoms with E-state index in [0.717, 1.165) is 21.5 Å². The van der Waals surface area contributed by atoms with Gasteiger partial charge in [0.1, 0.15) is 0 Å². The maximum absolute atomic E-state index is 5.93. The third kappa shape index (κ3) is 3.00. The Kier molecular flexibility index (Phi) is 3.85. The average Bonchev–Trinajstić information content (AvgIpc) is 2.29. The van der Waals surface area contributed by atoms with E-state index in [9.17, 15) is 0 Å². The van der Waals surface area contributed by atoms with Gasteiger partial charge in [-0.15, -0.1) is 11.8 Å². The number of aromatic nitrogens is 1. The summed E-state index contributed by atoms with van der Waals surface area (Å²) < 4.78 is 1.02. The number of pyridine rings is 1. The average molecular weight is 295 g/mol. The molecule has 2 nitrogen and oxygen atoms in total. The van der Waals surface area contributed by atoms with Gasteiger partial charge in [0, 0.05) is 33.2 Å². The van der Waals surface area contributed by atoms with Crippen molar-refractivity contribution in [2.45, 2.75) is 10.6 Å². The topological polar surface area (TPSA) is 38.9 Å². The Morgan fingerprint density at radius 1 is 1.19 bits per heavy atom. The minimum Gasteiger partial charge on any atom is -0.398 e. The van der Waals surface area contributed by atoms with Crippen LogP contribution in [0.5, 0.6) is 0 Å². The van der Waals surface area contributed by atoms with E-state index in [2.05, 4.69) is 20.9 Å². The highest BCUT2D eigenvalue weighted by atomic mass is 79.9. The predicted molar refractivity (Wildman–Crippen MR) is 72.4 cm³/mol. The zero-order valence-electron chi connectivity index (χ0n) is 8.56. The van der Waals surface area contributed by atoms with Crippen molar-refractivity contribution < 1.29 is 0 Å². The highest BCUT2D eigenvalue weighted by Gasteiger charge is 2.01. The lowest BCUT2D eigenvalue weighted by molar-refractivity contribution is 1.26. The highest BCUT2D eigenvalue weighted by Crippen LogP contribution is 2.26. The molecule has 0 saturated heterocycles. The van der Waals surface area contributed by atoms with Crippen LogP contribution in [0.2, 0.25) is 0 Å². The van der Waals surface area contributed by atoms with Crippen molar-refractivity contribution in [1.82, 2.24) is 4.98 Å². The van der Waals surface area contributed by atoms with E-state index in [1.54, 1.807) is 24.2 Å². The molecule has 0 amide bonds. The predicted octanol–water partition coefficient (Wildman–Crippen LogP) is 3.72. The summed E-state index contributed by atoms with van der Waals surface area (Å²) >= 11 is 5.16. The van der Waals surface area contributed by atoms with Gasteiger partial charge in [0.25, 0.3) is 0 Å². The molecule has 0 saturated carbocycles. The summed E-state index contributed by atoms with van der Waals surface area (Å²) in [5, 5.41) is 0. The molecule has 2 aromatic rings. The number of nitrogens with two attached hydrogens (primary N) is 1. The quantitative estimate of drug-likeness (QED) is 0.693. The van der Waals surface area contributed by atoms with Crippen molar-refractivity contribution in [3.8, 4) is 0 Å². The fraction of sp³-hybridized carbons (Fsp3) is 0.0833. The minimum atomic E-state index is 0.830. The van der Waals surface area contributed by atoms with Gasteiger partial charge in [-0.3, -0.25) is 4.98 Å². The molecule has 0 atom stereocenters. The molecule has 1 aromatic carbocycles. The number of hydrogen-bond donors (Lipinski definition) is 1. The van der Waals surface area contributed by atoms with Gasteiger partial charge in [0.05, 0.1) is 0 Å². The van der Waals surface area contributed by atoms with Crippen molar-refractivity contribution in [2.75, 3.05) is 5.73 Å². The lowest BCUT2D eigenvalue weighted by Gasteiger charge is -2.05. The molecule has 1 aromatic heterocycles. The molecule has 0 fully saturated rings. The number of nitrogens with zero attached hydrogens (tertiary/aromatic N) is 1. The summed E-state index contributed by atoms with van der Waals surface area (Å²) in [6.07, 6.45) is 3.60. The summed E-state index contributed by atoms with van der Waals surface area (Å²) in [6.45, 7) is 0. The zero-order chi connectivity index (χ0) is 11.4. The summed E-state index contributed by atoms with van der Waals surface area (Å²) in [4.78, 5) is 5.19. The second-order valence-electron chi connectivity index (χ2n) is 3.31. The number of hydrogen-bond acceptors (Lipinski definition) is 3. The van der Waals surface area contributed by atoms with E-state index in [0.29, 0.717) is 0 Å². The molecule has 0 aliphatic heterocycles. The molecule has 4 heteroatoms. The van der Waals surface area contributed by atoms with E-state index in [4.69, 9.17) is 5.73 Å². The van der Waals surface area contributed by atoms with Crippen LogP contribution in [0.3, 0.4) is 0 Å². The SMILES string of the molecule is Nc1cc(Br)ccc1CSc1ccncc1. The molecular weight excluding hydrogens is 284 g/mol. The van der Waals surface area contributed by atoms with Crippen LogP contribution >= 0.6 is 27.7 Å². The zero-order valence-corrected chi connectivity index (χ0v) is 11.0. The summed E-state index contributed by atoms with van der Waals surface area (Å²) in [6, 6.07) is 9.99. The fourth-order valence-electron chi connectivity index (χ4n) is 1.29. The van der Waals surface area contributed by atoms with Gasteiger partial charge >= 0.3 is 0 Å². The van der Waals surface area contributed by atoms with Crippen molar-refractivity contribution in [2.24, 2.45) is 0 Å². The maximum atomic E-state index is 5.93. The first-order chi connectivity index (χ1) is 7.75. The molecule has 1 heterocycles. The normalized spacial score (nSPS) is 10.3. The van der Waals surface area contributed by atoms with Crippen LogP contribution in [0.1, 0.15) is 5.56 Å². The standard InChI is InChI=1S/C12H11BrN2S/c13-10-2-1-9(12(14)7-10)8-16-11-3-5-15-6-4-11/h1-7H,8,14H2. The molecule has 0 bridgehead atoms. The maximum Gasteiger partial charge on any atom is 0.0366 e. The third-order valence-corrected chi connectivity index (χ3v) is 3.71. The van der Waals surface area contributed by atoms with Gasteiger partial charge < -0.3 is 5.73 Å². The summed E-state index contributed by atoms with van der Waals surface area (Å²) in [5.74, 6) is 0.878. The lowest BCUT2D eigenvalue weighted by atomic mass is 10.2. The Balaban J connectivity index is 2.05. The van der Waals surface area contributed by atoms with E-state index in [1.165, 1.54) is 4.90 Å². The Morgan fingerprint density at radius 2 is 1.94 bits per heavy atom. The second kappa shape index (κ2) is 5.37. The van der Waals surface area contributed by atoms with Crippen LogP contribution in [0.25, 0.3) is 0 Å². The minimum absolute atomic E-state index is 0.830. The molecule has 16 heavy (non-hydrogen) atoms. The molecular formula is C12H11BrN2S. The Bertz CT molecular complexity index is 474. The number of anilines is 1. The van der Waals surface area contributed by atoms with Crippen molar-refractivity contribution in [3.63, 3.8) is 0 Å². The first-order valence-electron chi connectivity index (χ1n) is 4.82. The van der Waals surface area contributed by atoms with Gasteiger partial charge in [0.2, 0.25) is 0 Å². The highest BCUT2D eigenvalue weighted by molar-refractivity contribution is 9.10. The number of thioether (sulfide) groups is 1. The summed E-state index contributed by atoms with van der Waals surface area (Å²) in [7, 11) is 0. The Hall–Kier alpha value is -1.00. The Morgan fingerprint density at radius 3 is 2.62 bits per heavy atom. The van der Waals surface area contributed by atoms with Gasteiger partial charge in [-0.05, 0) is 29.8 Å². The van der Waals surface area contributed by atoms with Crippen LogP contribution in [-0.2, 0) is 5.75 Å². The van der Waals surface area contributed by atoms with Crippen LogP contribution in [-0.4, -0.2) is 4.98 Å². The van der Waals surface area contributed by atoms with Crippen molar-refractivity contribution in [1.29, 1.82) is 0 Å². The van der Waals surface area contributed by atoms with E-state index in [-0.39, 0.29) is 0 Å². The monoisotopic (exact) mass is 294 g/mol. The van der Waals surface area contributed by atoms with E-state index in [1.807, 2.05) is 30.3 Å². The van der Waals surface area contributed by atoms with Crippen molar-refractivity contribution in [3.05, 3.63) is 52.8 Å². The van der Waals surface area contributed by atoms with Gasteiger partial charge in [-0.1, -0.05) is 22.0 Å². The molecule has 0 spiro atoms. The first kappa shape index (κ1) is 11.5. The third-order valence-electron chi connectivity index (χ3n) is 2.15. The van der Waals surface area contributed by atoms with Gasteiger partial charge in [-0.2, -0.15) is 0 Å². The summed E-state index contributed by atoms with van der Waals surface area (Å²) in [5.41, 5.74) is 7.92. The van der Waals surface area contributed by atoms with Crippen LogP contribution in [0, 0.1) is 0 Å². The van der Waals surface area contributed by atoms with E-state index < -0.39 is 0 Å². The molecule has 2 N–H and O–H groups in total. The Labute approximate surface area is 107 Å². The number of benzene rings is 1. The number of rotatable bonds is 3. The molecule has 2 rings (SSSR count). The van der Waals surface area contributed by atoms with E-state index >= 15 is 0 Å². The molecule has 0 radical (unpaired) electrons. The van der Waals surface area contributed by atoms with Crippen molar-refractivity contribution >= 4 is 33.4 Å². The molecule has 0 aliphatic rings. The van der Waals surface area contributed by atoms with Crippen LogP contribution in [0.15, 0.2) is 52.1 Å². The van der Waals surface area contributed by atoms with Gasteiger partial charge in [0.15, 0.2) is 0 Å². The second-order valence-corrected chi connectivity index (χ2v) is 5.28. The largest absolute Gasteiger partial charge is 0.398 e. The molecule has 0 unspecified atom stereocenters. The first-order valence-corrected chi connectivity index (χ1v) is 6.60. The van der Waals surface area contributed by atoms with Gasteiger partial charge in [-0.25, -0.2) is 0 Å². The number of halogens is 1. The lowest BCUT2D eigenvalue weighted by Crippen LogP contribution is -1.92. The fourth-order valence-corrected chi connectivity index (χ4v) is 2.57. The number of nitrogen functional groups attached to an aromatic ring is 1. The molecule has 82 valence electrons.